The van der Waals surface area contributed by atoms with Gasteiger partial charge in [0, 0.05) is 5.56 Å². The van der Waals surface area contributed by atoms with E-state index in [-0.39, 0.29) is 24.4 Å². The molecule has 0 saturated heterocycles. The Labute approximate surface area is 118 Å². The van der Waals surface area contributed by atoms with Gasteiger partial charge in [0.25, 0.3) is 0 Å². The highest BCUT2D eigenvalue weighted by Gasteiger charge is 2.22. The number of esters is 1. The van der Waals surface area contributed by atoms with Crippen LogP contribution in [0, 0.1) is 0 Å². The van der Waals surface area contributed by atoms with Crippen LogP contribution in [0.3, 0.4) is 0 Å². The number of nitrogens with zero attached hydrogens (tertiary/aromatic N) is 1. The number of anilines is 1. The molecule has 5 heteroatoms. The molecule has 0 aliphatic carbocycles. The number of Topliss-reactive ketones (excluding diaryl/α,β-unsaturated/α-hetero) is 1. The molecule has 0 unspecified atom stereocenters. The molecule has 0 fully saturated rings. The minimum atomic E-state index is -0.277. The Morgan fingerprint density at radius 3 is 2.80 bits per heavy atom. The van der Waals surface area contributed by atoms with E-state index < -0.39 is 0 Å². The highest BCUT2D eigenvalue weighted by atomic mass is 16.5. The number of rotatable bonds is 4. The molecular formula is C15H19NO4. The molecule has 20 heavy (non-hydrogen) atoms. The summed E-state index contributed by atoms with van der Waals surface area (Å²) in [5, 5.41) is 0. The number of carbonyl (C=O) groups is 2. The second-order valence-corrected chi connectivity index (χ2v) is 5.05. The first-order chi connectivity index (χ1) is 9.47. The maximum Gasteiger partial charge on any atom is 0.325 e. The van der Waals surface area contributed by atoms with E-state index in [9.17, 15) is 9.59 Å². The summed E-state index contributed by atoms with van der Waals surface area (Å²) in [5.74, 6) is 0.405. The molecule has 2 rings (SSSR count). The summed E-state index contributed by atoms with van der Waals surface area (Å²) in [5.41, 5.74) is 1.38. The third-order valence-corrected chi connectivity index (χ3v) is 3.01. The molecule has 0 N–H and O–H groups in total. The highest BCUT2D eigenvalue weighted by Crippen LogP contribution is 2.32. The molecule has 108 valence electrons. The number of fused-ring (bicyclic) bond motifs is 1. The smallest absolute Gasteiger partial charge is 0.325 e. The van der Waals surface area contributed by atoms with Crippen molar-refractivity contribution in [1.82, 2.24) is 0 Å². The van der Waals surface area contributed by atoms with Gasteiger partial charge in [-0.15, -0.1) is 0 Å². The average Bonchev–Trinajstić information content (AvgIpc) is 2.37. The van der Waals surface area contributed by atoms with Crippen LogP contribution in [0.2, 0.25) is 0 Å². The third-order valence-electron chi connectivity index (χ3n) is 3.01. The normalized spacial score (nSPS) is 13.7. The highest BCUT2D eigenvalue weighted by molar-refractivity contribution is 5.95. The van der Waals surface area contributed by atoms with Crippen molar-refractivity contribution in [3.8, 4) is 5.75 Å². The van der Waals surface area contributed by atoms with E-state index >= 15 is 0 Å². The SMILES string of the molecule is CC(=O)c1ccc2c(c1)N(CC(=O)OC(C)C)CCO2. The molecule has 0 bridgehead atoms. The lowest BCUT2D eigenvalue weighted by molar-refractivity contribution is -0.145. The molecule has 1 aromatic carbocycles. The fraction of sp³-hybridized carbons (Fsp3) is 0.467. The molecule has 0 atom stereocenters. The van der Waals surface area contributed by atoms with E-state index in [2.05, 4.69) is 0 Å². The molecule has 0 spiro atoms. The van der Waals surface area contributed by atoms with Crippen molar-refractivity contribution in [3.05, 3.63) is 23.8 Å². The van der Waals surface area contributed by atoms with Gasteiger partial charge in [0.15, 0.2) is 5.78 Å². The van der Waals surface area contributed by atoms with Crippen LogP contribution >= 0.6 is 0 Å². The first-order valence-electron chi connectivity index (χ1n) is 6.69. The topological polar surface area (TPSA) is 55.8 Å². The van der Waals surface area contributed by atoms with Crippen LogP contribution in [0.25, 0.3) is 0 Å². The van der Waals surface area contributed by atoms with Gasteiger partial charge in [0.2, 0.25) is 0 Å². The summed E-state index contributed by atoms with van der Waals surface area (Å²) >= 11 is 0. The van der Waals surface area contributed by atoms with Gasteiger partial charge in [0.05, 0.1) is 18.3 Å². The maximum absolute atomic E-state index is 11.8. The Kier molecular flexibility index (Phi) is 4.27. The number of hydrogen-bond acceptors (Lipinski definition) is 5. The molecule has 0 aromatic heterocycles. The van der Waals surface area contributed by atoms with Crippen molar-refractivity contribution in [2.75, 3.05) is 24.6 Å². The Hall–Kier alpha value is -2.04. The van der Waals surface area contributed by atoms with Gasteiger partial charge < -0.3 is 14.4 Å². The summed E-state index contributed by atoms with van der Waals surface area (Å²) in [6.07, 6.45) is -0.133. The molecule has 1 aromatic rings. The second-order valence-electron chi connectivity index (χ2n) is 5.05. The largest absolute Gasteiger partial charge is 0.490 e. The van der Waals surface area contributed by atoms with Crippen molar-refractivity contribution in [2.24, 2.45) is 0 Å². The minimum absolute atomic E-state index is 0.0110. The van der Waals surface area contributed by atoms with Gasteiger partial charge in [-0.1, -0.05) is 0 Å². The zero-order chi connectivity index (χ0) is 14.7. The number of carbonyl (C=O) groups excluding carboxylic acids is 2. The lowest BCUT2D eigenvalue weighted by atomic mass is 10.1. The Morgan fingerprint density at radius 1 is 1.40 bits per heavy atom. The monoisotopic (exact) mass is 277 g/mol. The van der Waals surface area contributed by atoms with Crippen molar-refractivity contribution in [2.45, 2.75) is 26.9 Å². The van der Waals surface area contributed by atoms with Gasteiger partial charge in [-0.05, 0) is 39.0 Å². The predicted octanol–water partition coefficient (Wildman–Crippen LogP) is 2.04. The summed E-state index contributed by atoms with van der Waals surface area (Å²) in [7, 11) is 0. The average molecular weight is 277 g/mol. The Bertz CT molecular complexity index is 525. The van der Waals surface area contributed by atoms with E-state index in [1.165, 1.54) is 6.92 Å². The minimum Gasteiger partial charge on any atom is -0.490 e. The van der Waals surface area contributed by atoms with Crippen molar-refractivity contribution < 1.29 is 19.1 Å². The van der Waals surface area contributed by atoms with Crippen LogP contribution in [0.5, 0.6) is 5.75 Å². The standard InChI is InChI=1S/C15H19NO4/c1-10(2)20-15(18)9-16-6-7-19-14-5-4-12(11(3)17)8-13(14)16/h4-5,8,10H,6-7,9H2,1-3H3. The van der Waals surface area contributed by atoms with Crippen molar-refractivity contribution >= 4 is 17.4 Å². The Morgan fingerprint density at radius 2 is 2.15 bits per heavy atom. The summed E-state index contributed by atoms with van der Waals surface area (Å²) < 4.78 is 10.7. The molecule has 0 radical (unpaired) electrons. The molecule has 1 aliphatic heterocycles. The predicted molar refractivity (Wildman–Crippen MR) is 75.4 cm³/mol. The van der Waals surface area contributed by atoms with Gasteiger partial charge in [-0.3, -0.25) is 9.59 Å². The quantitative estimate of drug-likeness (QED) is 0.622. The van der Waals surface area contributed by atoms with Crippen molar-refractivity contribution in [1.29, 1.82) is 0 Å². The lowest BCUT2D eigenvalue weighted by Gasteiger charge is -2.30. The van der Waals surface area contributed by atoms with Crippen LogP contribution in [-0.4, -0.2) is 37.6 Å². The lowest BCUT2D eigenvalue weighted by Crippen LogP contribution is -2.38. The van der Waals surface area contributed by atoms with E-state index in [0.29, 0.717) is 24.5 Å². The zero-order valence-electron chi connectivity index (χ0n) is 12.0. The number of hydrogen-bond donors (Lipinski definition) is 0. The first-order valence-corrected chi connectivity index (χ1v) is 6.69. The van der Waals surface area contributed by atoms with Crippen LogP contribution in [0.4, 0.5) is 5.69 Å². The fourth-order valence-corrected chi connectivity index (χ4v) is 2.11. The third kappa shape index (κ3) is 3.29. The maximum atomic E-state index is 11.8. The van der Waals surface area contributed by atoms with Gasteiger partial charge >= 0.3 is 5.97 Å². The van der Waals surface area contributed by atoms with Crippen LogP contribution in [0.1, 0.15) is 31.1 Å². The molecule has 0 saturated carbocycles. The van der Waals surface area contributed by atoms with Crippen LogP contribution in [-0.2, 0) is 9.53 Å². The number of ether oxygens (including phenoxy) is 2. The summed E-state index contributed by atoms with van der Waals surface area (Å²) in [4.78, 5) is 25.1. The van der Waals surface area contributed by atoms with E-state index in [4.69, 9.17) is 9.47 Å². The van der Waals surface area contributed by atoms with Gasteiger partial charge in [0.1, 0.15) is 18.9 Å². The van der Waals surface area contributed by atoms with E-state index in [1.807, 2.05) is 18.7 Å². The second kappa shape index (κ2) is 5.94. The van der Waals surface area contributed by atoms with E-state index in [1.54, 1.807) is 18.2 Å². The molecule has 0 amide bonds. The molecule has 1 aliphatic rings. The van der Waals surface area contributed by atoms with Gasteiger partial charge in [-0.2, -0.15) is 0 Å². The fourth-order valence-electron chi connectivity index (χ4n) is 2.11. The first kappa shape index (κ1) is 14.4. The molecule has 5 nitrogen and oxygen atoms in total. The zero-order valence-corrected chi connectivity index (χ0v) is 12.0. The van der Waals surface area contributed by atoms with Crippen molar-refractivity contribution in [3.63, 3.8) is 0 Å². The Balaban J connectivity index is 2.20. The van der Waals surface area contributed by atoms with Crippen LogP contribution in [0.15, 0.2) is 18.2 Å². The summed E-state index contributed by atoms with van der Waals surface area (Å²) in [6.45, 7) is 6.43. The molecule has 1 heterocycles. The van der Waals surface area contributed by atoms with Gasteiger partial charge in [-0.25, -0.2) is 0 Å². The van der Waals surface area contributed by atoms with Crippen LogP contribution < -0.4 is 9.64 Å². The molecular weight excluding hydrogens is 258 g/mol. The number of benzene rings is 1. The summed E-state index contributed by atoms with van der Waals surface area (Å²) in [6, 6.07) is 5.27. The van der Waals surface area contributed by atoms with E-state index in [0.717, 1.165) is 5.69 Å². The number of ketones is 1.